The van der Waals surface area contributed by atoms with Gasteiger partial charge in [-0.2, -0.15) is 0 Å². The Morgan fingerprint density at radius 2 is 1.72 bits per heavy atom. The summed E-state index contributed by atoms with van der Waals surface area (Å²) in [7, 11) is -1.68. The van der Waals surface area contributed by atoms with E-state index in [1.807, 2.05) is 0 Å². The molecule has 0 fully saturated rings. The molecular formula is C12H23N3O2Si. The van der Waals surface area contributed by atoms with Gasteiger partial charge in [0, 0.05) is 0 Å². The Morgan fingerprint density at radius 1 is 1.17 bits per heavy atom. The maximum absolute atomic E-state index is 5.99. The fraction of sp³-hybridized carbons (Fsp3) is 0.667. The van der Waals surface area contributed by atoms with Crippen molar-refractivity contribution >= 4 is 14.3 Å². The Balaban J connectivity index is 2.33. The summed E-state index contributed by atoms with van der Waals surface area (Å²) in [6, 6.07) is 0. The topological polar surface area (TPSA) is 70.3 Å². The first-order valence-corrected chi connectivity index (χ1v) is 8.97. The molecule has 0 bridgehead atoms. The predicted octanol–water partition coefficient (Wildman–Crippen LogP) is 2.46. The van der Waals surface area contributed by atoms with E-state index in [4.69, 9.17) is 14.9 Å². The van der Waals surface area contributed by atoms with Crippen molar-refractivity contribution < 1.29 is 9.16 Å². The van der Waals surface area contributed by atoms with Crippen molar-refractivity contribution in [2.24, 2.45) is 0 Å². The van der Waals surface area contributed by atoms with E-state index in [0.29, 0.717) is 19.0 Å². The van der Waals surface area contributed by atoms with E-state index in [2.05, 4.69) is 43.8 Å². The van der Waals surface area contributed by atoms with Crippen LogP contribution in [0.4, 0.5) is 5.95 Å². The lowest BCUT2D eigenvalue weighted by Gasteiger charge is -2.36. The van der Waals surface area contributed by atoms with Gasteiger partial charge in [0.15, 0.2) is 14.1 Å². The highest BCUT2D eigenvalue weighted by Gasteiger charge is 2.36. The van der Waals surface area contributed by atoms with Crippen molar-refractivity contribution in [1.29, 1.82) is 0 Å². The largest absolute Gasteiger partial charge is 0.488 e. The zero-order valence-electron chi connectivity index (χ0n) is 11.9. The molecule has 0 spiro atoms. The van der Waals surface area contributed by atoms with E-state index in [1.54, 1.807) is 12.4 Å². The van der Waals surface area contributed by atoms with Crippen LogP contribution in [0.2, 0.25) is 18.1 Å². The summed E-state index contributed by atoms with van der Waals surface area (Å²) < 4.78 is 11.5. The van der Waals surface area contributed by atoms with Crippen LogP contribution >= 0.6 is 0 Å². The summed E-state index contributed by atoms with van der Waals surface area (Å²) >= 11 is 0. The first-order valence-electron chi connectivity index (χ1n) is 6.07. The number of nitrogens with zero attached hydrogens (tertiary/aromatic N) is 2. The van der Waals surface area contributed by atoms with Gasteiger partial charge >= 0.3 is 0 Å². The molecule has 0 aliphatic heterocycles. The molecule has 1 rings (SSSR count). The van der Waals surface area contributed by atoms with Gasteiger partial charge in [-0.1, -0.05) is 20.8 Å². The molecule has 0 unspecified atom stereocenters. The third-order valence-electron chi connectivity index (χ3n) is 3.27. The number of hydrogen-bond acceptors (Lipinski definition) is 5. The number of rotatable bonds is 5. The number of nitrogen functional groups attached to an aromatic ring is 1. The van der Waals surface area contributed by atoms with Gasteiger partial charge in [-0.05, 0) is 18.1 Å². The first kappa shape index (κ1) is 14.9. The fourth-order valence-corrected chi connectivity index (χ4v) is 2.10. The molecule has 0 atom stereocenters. The molecule has 0 radical (unpaired) electrons. The van der Waals surface area contributed by atoms with Crippen LogP contribution in [-0.4, -0.2) is 31.5 Å². The van der Waals surface area contributed by atoms with Crippen molar-refractivity contribution in [2.75, 3.05) is 18.9 Å². The number of aromatic nitrogens is 2. The first-order chi connectivity index (χ1) is 8.22. The van der Waals surface area contributed by atoms with Gasteiger partial charge in [-0.15, -0.1) is 0 Å². The average molecular weight is 269 g/mol. The maximum Gasteiger partial charge on any atom is 0.220 e. The molecule has 2 N–H and O–H groups in total. The molecule has 102 valence electrons. The van der Waals surface area contributed by atoms with Crippen LogP contribution in [0.1, 0.15) is 20.8 Å². The highest BCUT2D eigenvalue weighted by Crippen LogP contribution is 2.36. The predicted molar refractivity (Wildman–Crippen MR) is 75.1 cm³/mol. The van der Waals surface area contributed by atoms with Crippen molar-refractivity contribution in [2.45, 2.75) is 38.9 Å². The van der Waals surface area contributed by atoms with Crippen LogP contribution in [0.3, 0.4) is 0 Å². The number of nitrogens with two attached hydrogens (primary N) is 1. The molecule has 1 aromatic rings. The quantitative estimate of drug-likeness (QED) is 0.657. The van der Waals surface area contributed by atoms with Crippen molar-refractivity contribution in [1.82, 2.24) is 9.97 Å². The number of ether oxygens (including phenoxy) is 1. The highest BCUT2D eigenvalue weighted by molar-refractivity contribution is 6.74. The van der Waals surface area contributed by atoms with Gasteiger partial charge in [0.2, 0.25) is 5.95 Å². The molecule has 0 amide bonds. The van der Waals surface area contributed by atoms with Crippen LogP contribution in [0.15, 0.2) is 12.4 Å². The van der Waals surface area contributed by atoms with E-state index in [0.717, 1.165) is 0 Å². The molecule has 0 saturated carbocycles. The third-order valence-corrected chi connectivity index (χ3v) is 7.81. The second-order valence-corrected chi connectivity index (χ2v) is 10.5. The molecule has 1 heterocycles. The highest BCUT2D eigenvalue weighted by atomic mass is 28.4. The van der Waals surface area contributed by atoms with E-state index in [1.165, 1.54) is 0 Å². The fourth-order valence-electron chi connectivity index (χ4n) is 1.07. The van der Waals surface area contributed by atoms with Crippen LogP contribution < -0.4 is 10.5 Å². The van der Waals surface area contributed by atoms with Crippen LogP contribution in [-0.2, 0) is 4.43 Å². The molecule has 18 heavy (non-hydrogen) atoms. The van der Waals surface area contributed by atoms with Crippen LogP contribution in [0.5, 0.6) is 5.75 Å². The summed E-state index contributed by atoms with van der Waals surface area (Å²) in [4.78, 5) is 7.71. The van der Waals surface area contributed by atoms with Crippen molar-refractivity contribution in [3.63, 3.8) is 0 Å². The Kier molecular flexibility index (Phi) is 4.69. The summed E-state index contributed by atoms with van der Waals surface area (Å²) in [6.07, 6.45) is 3.13. The second-order valence-electron chi connectivity index (χ2n) is 5.73. The smallest absolute Gasteiger partial charge is 0.220 e. The number of hydrogen-bond donors (Lipinski definition) is 1. The van der Waals surface area contributed by atoms with Gasteiger partial charge in [-0.3, -0.25) is 0 Å². The van der Waals surface area contributed by atoms with Crippen LogP contribution in [0.25, 0.3) is 0 Å². The van der Waals surface area contributed by atoms with E-state index >= 15 is 0 Å². The SMILES string of the molecule is CC(C)(C)[Si](C)(C)OCCOc1cnc(N)nc1. The second kappa shape index (κ2) is 5.66. The minimum Gasteiger partial charge on any atom is -0.488 e. The minimum absolute atomic E-state index is 0.220. The Bertz CT molecular complexity index is 374. The Morgan fingerprint density at radius 3 is 2.22 bits per heavy atom. The minimum atomic E-state index is -1.68. The summed E-state index contributed by atoms with van der Waals surface area (Å²) in [5.41, 5.74) is 5.39. The van der Waals surface area contributed by atoms with Gasteiger partial charge in [-0.25, -0.2) is 9.97 Å². The standard InChI is InChI=1S/C12H23N3O2Si/c1-12(2,3)18(4,5)17-7-6-16-10-8-14-11(13)15-9-10/h8-9H,6-7H2,1-5H3,(H2,13,14,15). The normalized spacial score (nSPS) is 12.5. The Hall–Kier alpha value is -1.14. The molecule has 1 aromatic heterocycles. The van der Waals surface area contributed by atoms with Crippen molar-refractivity contribution in [3.05, 3.63) is 12.4 Å². The zero-order chi connectivity index (χ0) is 13.8. The van der Waals surface area contributed by atoms with E-state index in [-0.39, 0.29) is 11.0 Å². The third kappa shape index (κ3) is 4.27. The monoisotopic (exact) mass is 269 g/mol. The van der Waals surface area contributed by atoms with Crippen molar-refractivity contribution in [3.8, 4) is 5.75 Å². The van der Waals surface area contributed by atoms with Gasteiger partial charge in [0.25, 0.3) is 0 Å². The number of anilines is 1. The lowest BCUT2D eigenvalue weighted by molar-refractivity contribution is 0.202. The molecule has 0 saturated heterocycles. The molecule has 0 aliphatic rings. The summed E-state index contributed by atoms with van der Waals surface area (Å²) in [6.45, 7) is 12.2. The molecule has 6 heteroatoms. The molecule has 0 aliphatic carbocycles. The molecule has 5 nitrogen and oxygen atoms in total. The zero-order valence-corrected chi connectivity index (χ0v) is 12.9. The van der Waals surface area contributed by atoms with E-state index < -0.39 is 8.32 Å². The van der Waals surface area contributed by atoms with Gasteiger partial charge in [0.1, 0.15) is 6.61 Å². The summed E-state index contributed by atoms with van der Waals surface area (Å²) in [5, 5.41) is 0.220. The lowest BCUT2D eigenvalue weighted by atomic mass is 10.2. The van der Waals surface area contributed by atoms with E-state index in [9.17, 15) is 0 Å². The van der Waals surface area contributed by atoms with Gasteiger partial charge in [0.05, 0.1) is 19.0 Å². The summed E-state index contributed by atoms with van der Waals surface area (Å²) in [5.74, 6) is 0.864. The molecule has 0 aromatic carbocycles. The molecular weight excluding hydrogens is 246 g/mol. The Labute approximate surface area is 110 Å². The maximum atomic E-state index is 5.99. The lowest BCUT2D eigenvalue weighted by Crippen LogP contribution is -2.41. The average Bonchev–Trinajstić information content (AvgIpc) is 2.25. The van der Waals surface area contributed by atoms with Gasteiger partial charge < -0.3 is 14.9 Å². The van der Waals surface area contributed by atoms with Crippen LogP contribution in [0, 0.1) is 0 Å².